The Balaban J connectivity index is 1.89. The van der Waals surface area contributed by atoms with Gasteiger partial charge in [-0.2, -0.15) is 0 Å². The van der Waals surface area contributed by atoms with Gasteiger partial charge in [0.1, 0.15) is 16.9 Å². The minimum Gasteiger partial charge on any atom is -0.507 e. The number of fused-ring (bicyclic) bond motifs is 1. The first kappa shape index (κ1) is 18.2. The molecule has 0 bridgehead atoms. The Morgan fingerprint density at radius 1 is 1.04 bits per heavy atom. The van der Waals surface area contributed by atoms with Gasteiger partial charge in [0.05, 0.1) is 16.4 Å². The van der Waals surface area contributed by atoms with Gasteiger partial charge >= 0.3 is 5.63 Å². The third kappa shape index (κ3) is 3.25. The van der Waals surface area contributed by atoms with E-state index in [1.165, 1.54) is 12.1 Å². The molecule has 0 spiro atoms. The van der Waals surface area contributed by atoms with Crippen LogP contribution in [0.15, 0.2) is 57.7 Å². The minimum atomic E-state index is -0.592. The molecule has 1 atom stereocenters. The molecule has 0 aliphatic carbocycles. The predicted octanol–water partition coefficient (Wildman–Crippen LogP) is 3.98. The number of piperidine rings is 1. The Kier molecular flexibility index (Phi) is 4.83. The lowest BCUT2D eigenvalue weighted by Crippen LogP contribution is -2.36. The van der Waals surface area contributed by atoms with Crippen LogP contribution in [-0.2, 0) is 0 Å². The van der Waals surface area contributed by atoms with Crippen molar-refractivity contribution in [1.29, 1.82) is 0 Å². The van der Waals surface area contributed by atoms with E-state index in [2.05, 4.69) is 4.90 Å². The van der Waals surface area contributed by atoms with Crippen LogP contribution >= 0.6 is 0 Å². The molecule has 1 saturated heterocycles. The SMILES string of the molecule is O=c1oc2ccccc2c(O)c1C(c1ccc([N+](=O)[O-])cc1)N1CCCCC1. The Morgan fingerprint density at radius 3 is 2.39 bits per heavy atom. The van der Waals surface area contributed by atoms with Crippen molar-refractivity contribution in [3.05, 3.63) is 80.2 Å². The molecule has 7 nitrogen and oxygen atoms in total. The summed E-state index contributed by atoms with van der Waals surface area (Å²) >= 11 is 0. The zero-order valence-electron chi connectivity index (χ0n) is 15.2. The number of para-hydroxylation sites is 1. The molecular weight excluding hydrogens is 360 g/mol. The summed E-state index contributed by atoms with van der Waals surface area (Å²) in [6, 6.07) is 12.5. The molecule has 28 heavy (non-hydrogen) atoms. The van der Waals surface area contributed by atoms with Gasteiger partial charge in [0.15, 0.2) is 0 Å². The lowest BCUT2D eigenvalue weighted by molar-refractivity contribution is -0.384. The summed E-state index contributed by atoms with van der Waals surface area (Å²) in [5.41, 5.74) is 0.607. The number of non-ortho nitro benzene ring substituents is 1. The maximum Gasteiger partial charge on any atom is 0.345 e. The van der Waals surface area contributed by atoms with E-state index >= 15 is 0 Å². The fourth-order valence-electron chi connectivity index (χ4n) is 3.90. The minimum absolute atomic E-state index is 0.0177. The quantitative estimate of drug-likeness (QED) is 0.418. The molecule has 0 radical (unpaired) electrons. The molecule has 1 N–H and O–H groups in total. The van der Waals surface area contributed by atoms with E-state index in [0.717, 1.165) is 32.4 Å². The molecule has 3 aromatic rings. The van der Waals surface area contributed by atoms with Crippen LogP contribution < -0.4 is 5.63 Å². The van der Waals surface area contributed by atoms with Crippen molar-refractivity contribution in [1.82, 2.24) is 4.90 Å². The Hall–Kier alpha value is -3.19. The normalized spacial score (nSPS) is 16.1. The van der Waals surface area contributed by atoms with E-state index in [-0.39, 0.29) is 17.0 Å². The van der Waals surface area contributed by atoms with Gasteiger partial charge in [-0.1, -0.05) is 30.7 Å². The topological polar surface area (TPSA) is 96.8 Å². The number of nitro groups is 1. The van der Waals surface area contributed by atoms with Crippen molar-refractivity contribution in [2.45, 2.75) is 25.3 Å². The highest BCUT2D eigenvalue weighted by Crippen LogP contribution is 2.37. The van der Waals surface area contributed by atoms with Crippen molar-refractivity contribution in [3.63, 3.8) is 0 Å². The van der Waals surface area contributed by atoms with E-state index in [9.17, 15) is 20.0 Å². The third-order valence-electron chi connectivity index (χ3n) is 5.27. The van der Waals surface area contributed by atoms with Crippen LogP contribution in [0.3, 0.4) is 0 Å². The average Bonchev–Trinajstić information content (AvgIpc) is 2.72. The van der Waals surface area contributed by atoms with Gasteiger partial charge < -0.3 is 9.52 Å². The lowest BCUT2D eigenvalue weighted by atomic mass is 9.94. The highest BCUT2D eigenvalue weighted by molar-refractivity contribution is 5.84. The van der Waals surface area contributed by atoms with Gasteiger partial charge in [0.25, 0.3) is 5.69 Å². The number of aromatic hydroxyl groups is 1. The maximum absolute atomic E-state index is 12.8. The van der Waals surface area contributed by atoms with Gasteiger partial charge in [0.2, 0.25) is 0 Å². The van der Waals surface area contributed by atoms with Crippen molar-refractivity contribution < 1.29 is 14.4 Å². The van der Waals surface area contributed by atoms with E-state index < -0.39 is 16.6 Å². The maximum atomic E-state index is 12.8. The van der Waals surface area contributed by atoms with Crippen molar-refractivity contribution in [2.24, 2.45) is 0 Å². The third-order valence-corrected chi connectivity index (χ3v) is 5.27. The molecule has 1 aliphatic heterocycles. The molecule has 0 saturated carbocycles. The summed E-state index contributed by atoms with van der Waals surface area (Å²) < 4.78 is 5.48. The van der Waals surface area contributed by atoms with Crippen molar-refractivity contribution in [2.75, 3.05) is 13.1 Å². The molecule has 1 fully saturated rings. The van der Waals surface area contributed by atoms with Crippen LogP contribution in [0.1, 0.15) is 36.4 Å². The van der Waals surface area contributed by atoms with Crippen LogP contribution in [0.2, 0.25) is 0 Å². The second kappa shape index (κ2) is 7.44. The summed E-state index contributed by atoms with van der Waals surface area (Å²) in [6.07, 6.45) is 3.09. The number of hydrogen-bond acceptors (Lipinski definition) is 6. The fraction of sp³-hybridized carbons (Fsp3) is 0.286. The number of rotatable bonds is 4. The van der Waals surface area contributed by atoms with Gasteiger partial charge in [-0.15, -0.1) is 0 Å². The van der Waals surface area contributed by atoms with Gasteiger partial charge in [-0.3, -0.25) is 15.0 Å². The summed E-state index contributed by atoms with van der Waals surface area (Å²) in [6.45, 7) is 1.54. The fourth-order valence-corrected chi connectivity index (χ4v) is 3.90. The largest absolute Gasteiger partial charge is 0.507 e. The molecule has 0 amide bonds. The average molecular weight is 380 g/mol. The first-order valence-corrected chi connectivity index (χ1v) is 9.29. The van der Waals surface area contributed by atoms with Crippen LogP contribution in [0.25, 0.3) is 11.0 Å². The van der Waals surface area contributed by atoms with Crippen LogP contribution in [0.4, 0.5) is 5.69 Å². The number of benzene rings is 2. The van der Waals surface area contributed by atoms with Gasteiger partial charge in [-0.05, 0) is 43.6 Å². The highest BCUT2D eigenvalue weighted by atomic mass is 16.6. The smallest absolute Gasteiger partial charge is 0.345 e. The van der Waals surface area contributed by atoms with Crippen molar-refractivity contribution >= 4 is 16.7 Å². The van der Waals surface area contributed by atoms with E-state index in [1.54, 1.807) is 36.4 Å². The summed E-state index contributed by atoms with van der Waals surface area (Å²) in [5.74, 6) is -0.0965. The molecule has 1 aromatic heterocycles. The number of nitro benzene ring substituents is 1. The molecule has 4 rings (SSSR count). The number of nitrogens with zero attached hydrogens (tertiary/aromatic N) is 2. The zero-order valence-corrected chi connectivity index (χ0v) is 15.2. The molecule has 1 aliphatic rings. The Bertz CT molecular complexity index is 1070. The first-order valence-electron chi connectivity index (χ1n) is 9.29. The standard InChI is InChI=1S/C21H20N2O5/c24-20-16-6-2-3-7-17(16)28-21(25)18(20)19(22-12-4-1-5-13-22)14-8-10-15(11-9-14)23(26)27/h2-3,6-11,19,24H,1,4-5,12-13H2. The number of likely N-dealkylation sites (tertiary alicyclic amines) is 1. The van der Waals surface area contributed by atoms with Crippen LogP contribution in [-0.4, -0.2) is 28.0 Å². The summed E-state index contributed by atoms with van der Waals surface area (Å²) in [5, 5.41) is 22.4. The van der Waals surface area contributed by atoms with Gasteiger partial charge in [0, 0.05) is 12.1 Å². The molecular formula is C21H20N2O5. The van der Waals surface area contributed by atoms with Crippen molar-refractivity contribution in [3.8, 4) is 5.75 Å². The molecule has 7 heteroatoms. The monoisotopic (exact) mass is 380 g/mol. The van der Waals surface area contributed by atoms with Gasteiger partial charge in [-0.25, -0.2) is 4.79 Å². The molecule has 144 valence electrons. The molecule has 2 aromatic carbocycles. The van der Waals surface area contributed by atoms with Crippen LogP contribution in [0.5, 0.6) is 5.75 Å². The highest BCUT2D eigenvalue weighted by Gasteiger charge is 2.31. The lowest BCUT2D eigenvalue weighted by Gasteiger charge is -2.34. The summed E-state index contributed by atoms with van der Waals surface area (Å²) in [7, 11) is 0. The number of hydrogen-bond donors (Lipinski definition) is 1. The predicted molar refractivity (Wildman–Crippen MR) is 105 cm³/mol. The van der Waals surface area contributed by atoms with Crippen LogP contribution in [0, 0.1) is 10.1 Å². The molecule has 1 unspecified atom stereocenters. The Morgan fingerprint density at radius 2 is 1.71 bits per heavy atom. The second-order valence-electron chi connectivity index (χ2n) is 7.00. The van der Waals surface area contributed by atoms with E-state index in [0.29, 0.717) is 16.5 Å². The molecule has 2 heterocycles. The van der Waals surface area contributed by atoms with E-state index in [1.807, 2.05) is 0 Å². The Labute approximate surface area is 161 Å². The first-order chi connectivity index (χ1) is 13.6. The van der Waals surface area contributed by atoms with E-state index in [4.69, 9.17) is 4.42 Å². The zero-order chi connectivity index (χ0) is 19.7. The second-order valence-corrected chi connectivity index (χ2v) is 7.00. The summed E-state index contributed by atoms with van der Waals surface area (Å²) in [4.78, 5) is 25.5.